The molecule has 0 spiro atoms. The van der Waals surface area contributed by atoms with Crippen molar-refractivity contribution < 1.29 is 28.6 Å². The lowest BCUT2D eigenvalue weighted by Crippen LogP contribution is -2.30. The summed E-state index contributed by atoms with van der Waals surface area (Å²) in [6.07, 6.45) is 103. The third-order valence-electron chi connectivity index (χ3n) is 12.2. The molecular weight excluding hydrogens is 997 g/mol. The standard InChI is InChI=1S/C75H112O6/c1-4-7-10-13-16-19-22-25-27-29-31-32-33-34-35-36-37-38-39-40-41-42-44-45-47-50-53-56-59-62-65-68-74(77)80-71-72(70-79-73(76)67-64-61-58-55-52-49-24-21-18-15-12-9-6-3)81-75(78)69-66-63-60-57-54-51-48-46-43-30-28-26-23-20-17-14-11-8-5-2/h7-8,10-12,15-17,19-21,24-28,31-32,34-35,37-38,40-41,43-46,50-51,53-54,60,63,72H,4-6,9,13-14,18,22-23,29-30,33,36,39,42,47-49,52,55-59,61-62,64-71H2,1-3H3/b10-7-,11-8-,15-12-,19-16-,20-17-,24-21-,27-25-,28-26-,32-31-,35-34-,38-37-,41-40-,45-44-,46-43-,53-50-,54-51-,63-60-. The molecule has 0 bridgehead atoms. The summed E-state index contributed by atoms with van der Waals surface area (Å²) in [7, 11) is 0. The minimum absolute atomic E-state index is 0.138. The maximum Gasteiger partial charge on any atom is 0.306 e. The Morgan fingerprint density at radius 1 is 0.259 bits per heavy atom. The minimum atomic E-state index is -0.852. The topological polar surface area (TPSA) is 78.9 Å². The Bertz CT molecular complexity index is 2000. The van der Waals surface area contributed by atoms with Crippen LogP contribution < -0.4 is 0 Å². The number of carbonyl (C=O) groups excluding carboxylic acids is 3. The van der Waals surface area contributed by atoms with E-state index in [4.69, 9.17) is 14.2 Å². The van der Waals surface area contributed by atoms with E-state index in [2.05, 4.69) is 215 Å². The van der Waals surface area contributed by atoms with Crippen molar-refractivity contribution in [3.8, 4) is 0 Å². The van der Waals surface area contributed by atoms with Crippen molar-refractivity contribution in [3.63, 3.8) is 0 Å². The van der Waals surface area contributed by atoms with Crippen molar-refractivity contribution in [2.45, 2.75) is 232 Å². The molecule has 6 nitrogen and oxygen atoms in total. The average Bonchev–Trinajstić information content (AvgIpc) is 3.46. The summed E-state index contributed by atoms with van der Waals surface area (Å²) in [6, 6.07) is 0. The first-order valence-electron chi connectivity index (χ1n) is 31.6. The first kappa shape index (κ1) is 75.0. The van der Waals surface area contributed by atoms with Crippen LogP contribution in [0.4, 0.5) is 0 Å². The molecule has 0 aliphatic carbocycles. The zero-order valence-corrected chi connectivity index (χ0v) is 51.2. The van der Waals surface area contributed by atoms with Crippen LogP contribution >= 0.6 is 0 Å². The van der Waals surface area contributed by atoms with E-state index in [1.165, 1.54) is 6.42 Å². The molecule has 0 saturated carbocycles. The number of hydrogen-bond donors (Lipinski definition) is 0. The van der Waals surface area contributed by atoms with Crippen molar-refractivity contribution >= 4 is 17.9 Å². The third-order valence-corrected chi connectivity index (χ3v) is 12.2. The fraction of sp³-hybridized carbons (Fsp3) is 0.507. The van der Waals surface area contributed by atoms with Crippen LogP contribution in [0.15, 0.2) is 207 Å². The summed E-state index contributed by atoms with van der Waals surface area (Å²) in [4.78, 5) is 38.2. The van der Waals surface area contributed by atoms with Gasteiger partial charge in [0.15, 0.2) is 6.10 Å². The van der Waals surface area contributed by atoms with Crippen LogP contribution in [0.3, 0.4) is 0 Å². The fourth-order valence-electron chi connectivity index (χ4n) is 7.61. The van der Waals surface area contributed by atoms with E-state index in [1.807, 2.05) is 12.2 Å². The average molecular weight is 1110 g/mol. The molecule has 448 valence electrons. The van der Waals surface area contributed by atoms with Crippen LogP contribution in [0.1, 0.15) is 226 Å². The van der Waals surface area contributed by atoms with Crippen LogP contribution in [0.2, 0.25) is 0 Å². The first-order chi connectivity index (χ1) is 40.0. The van der Waals surface area contributed by atoms with Gasteiger partial charge in [0.1, 0.15) is 13.2 Å². The van der Waals surface area contributed by atoms with E-state index in [-0.39, 0.29) is 38.0 Å². The maximum atomic E-state index is 12.9. The SMILES string of the molecule is CC/C=C\C/C=C\C/C=C\C/C=C\C/C=C\C/C=C\C/C=C\C/C=C\C/C=C\CCCCCC(=O)OCC(COC(=O)CCCCCCC/C=C\C/C=C\CCC)OC(=O)CC/C=C\C/C=C\C/C=C\C/C=C\C/C=C\C/C=C\CC. The van der Waals surface area contributed by atoms with Gasteiger partial charge in [0.2, 0.25) is 0 Å². The third kappa shape index (κ3) is 64.7. The Hall–Kier alpha value is -6.01. The zero-order valence-electron chi connectivity index (χ0n) is 51.2. The van der Waals surface area contributed by atoms with Crippen molar-refractivity contribution in [1.29, 1.82) is 0 Å². The van der Waals surface area contributed by atoms with E-state index < -0.39 is 12.1 Å². The predicted molar refractivity (Wildman–Crippen MR) is 352 cm³/mol. The van der Waals surface area contributed by atoms with Gasteiger partial charge in [0, 0.05) is 19.3 Å². The second-order valence-corrected chi connectivity index (χ2v) is 19.8. The molecule has 0 fully saturated rings. The van der Waals surface area contributed by atoms with Gasteiger partial charge in [-0.1, -0.05) is 259 Å². The lowest BCUT2D eigenvalue weighted by molar-refractivity contribution is -0.166. The Kier molecular flexibility index (Phi) is 61.6. The maximum absolute atomic E-state index is 12.9. The molecule has 0 N–H and O–H groups in total. The lowest BCUT2D eigenvalue weighted by Gasteiger charge is -2.18. The molecule has 1 unspecified atom stereocenters. The number of hydrogen-bond acceptors (Lipinski definition) is 6. The molecule has 0 amide bonds. The first-order valence-corrected chi connectivity index (χ1v) is 31.6. The summed E-state index contributed by atoms with van der Waals surface area (Å²) >= 11 is 0. The molecule has 0 aromatic carbocycles. The molecule has 0 aliphatic heterocycles. The van der Waals surface area contributed by atoms with E-state index in [9.17, 15) is 14.4 Å². The smallest absolute Gasteiger partial charge is 0.306 e. The summed E-state index contributed by atoms with van der Waals surface area (Å²) in [6.45, 7) is 6.22. The van der Waals surface area contributed by atoms with Crippen molar-refractivity contribution in [2.75, 3.05) is 13.2 Å². The highest BCUT2D eigenvalue weighted by atomic mass is 16.6. The number of carbonyl (C=O) groups is 3. The summed E-state index contributed by atoms with van der Waals surface area (Å²) in [5, 5.41) is 0. The van der Waals surface area contributed by atoms with Gasteiger partial charge in [-0.05, 0) is 154 Å². The Labute approximate surface area is 496 Å². The van der Waals surface area contributed by atoms with Crippen molar-refractivity contribution in [2.24, 2.45) is 0 Å². The van der Waals surface area contributed by atoms with Gasteiger partial charge in [-0.15, -0.1) is 0 Å². The molecule has 0 aromatic heterocycles. The predicted octanol–water partition coefficient (Wildman–Crippen LogP) is 22.0. The van der Waals surface area contributed by atoms with E-state index in [0.29, 0.717) is 12.8 Å². The molecule has 0 aliphatic rings. The van der Waals surface area contributed by atoms with Gasteiger partial charge in [-0.2, -0.15) is 0 Å². The summed E-state index contributed by atoms with van der Waals surface area (Å²) < 4.78 is 16.8. The van der Waals surface area contributed by atoms with Gasteiger partial charge >= 0.3 is 17.9 Å². The highest BCUT2D eigenvalue weighted by molar-refractivity contribution is 5.71. The molecule has 0 radical (unpaired) electrons. The number of ether oxygens (including phenoxy) is 3. The van der Waals surface area contributed by atoms with E-state index in [0.717, 1.165) is 173 Å². The number of esters is 3. The van der Waals surface area contributed by atoms with Gasteiger partial charge in [-0.3, -0.25) is 14.4 Å². The molecule has 0 aromatic rings. The zero-order chi connectivity index (χ0) is 58.5. The molecule has 81 heavy (non-hydrogen) atoms. The Balaban J connectivity index is 4.52. The molecular formula is C75H112O6. The van der Waals surface area contributed by atoms with Crippen LogP contribution in [0, 0.1) is 0 Å². The Morgan fingerprint density at radius 2 is 0.506 bits per heavy atom. The molecule has 1 atom stereocenters. The van der Waals surface area contributed by atoms with Crippen LogP contribution in [-0.4, -0.2) is 37.2 Å². The highest BCUT2D eigenvalue weighted by Crippen LogP contribution is 2.11. The normalized spacial score (nSPS) is 13.6. The summed E-state index contributed by atoms with van der Waals surface area (Å²) in [5.74, 6) is -1.08. The molecule has 0 rings (SSSR count). The second kappa shape index (κ2) is 66.5. The van der Waals surface area contributed by atoms with Crippen LogP contribution in [0.5, 0.6) is 0 Å². The molecule has 0 saturated heterocycles. The van der Waals surface area contributed by atoms with Crippen molar-refractivity contribution in [3.05, 3.63) is 207 Å². The monoisotopic (exact) mass is 1110 g/mol. The van der Waals surface area contributed by atoms with Gasteiger partial charge in [0.05, 0.1) is 0 Å². The lowest BCUT2D eigenvalue weighted by atomic mass is 10.1. The number of unbranched alkanes of at least 4 members (excludes halogenated alkanes) is 9. The van der Waals surface area contributed by atoms with Crippen LogP contribution in [0.25, 0.3) is 0 Å². The second-order valence-electron chi connectivity index (χ2n) is 19.8. The van der Waals surface area contributed by atoms with E-state index in [1.54, 1.807) is 0 Å². The summed E-state index contributed by atoms with van der Waals surface area (Å²) in [5.41, 5.74) is 0. The Morgan fingerprint density at radius 3 is 0.815 bits per heavy atom. The van der Waals surface area contributed by atoms with Gasteiger partial charge < -0.3 is 14.2 Å². The van der Waals surface area contributed by atoms with Gasteiger partial charge in [-0.25, -0.2) is 0 Å². The number of rotatable bonds is 54. The van der Waals surface area contributed by atoms with Crippen LogP contribution in [-0.2, 0) is 28.6 Å². The van der Waals surface area contributed by atoms with E-state index >= 15 is 0 Å². The minimum Gasteiger partial charge on any atom is -0.462 e. The largest absolute Gasteiger partial charge is 0.462 e. The fourth-order valence-corrected chi connectivity index (χ4v) is 7.61. The van der Waals surface area contributed by atoms with Crippen molar-refractivity contribution in [1.82, 2.24) is 0 Å². The molecule has 0 heterocycles. The quantitative estimate of drug-likeness (QED) is 0.0261. The number of allylic oxidation sites excluding steroid dienone is 34. The molecule has 6 heteroatoms. The van der Waals surface area contributed by atoms with Gasteiger partial charge in [0.25, 0.3) is 0 Å². The highest BCUT2D eigenvalue weighted by Gasteiger charge is 2.19.